The van der Waals surface area contributed by atoms with E-state index in [-0.39, 0.29) is 6.42 Å². The zero-order valence-electron chi connectivity index (χ0n) is 7.34. The summed E-state index contributed by atoms with van der Waals surface area (Å²) in [5, 5.41) is 8.50. The van der Waals surface area contributed by atoms with Crippen LogP contribution in [0.25, 0.3) is 0 Å². The minimum atomic E-state index is -4.13. The third-order valence-corrected chi connectivity index (χ3v) is 2.53. The first-order chi connectivity index (χ1) is 6.51. The van der Waals surface area contributed by atoms with E-state index in [1.807, 2.05) is 0 Å². The van der Waals surface area contributed by atoms with Gasteiger partial charge in [0.25, 0.3) is 0 Å². The van der Waals surface area contributed by atoms with Crippen LogP contribution >= 0.6 is 11.3 Å². The van der Waals surface area contributed by atoms with E-state index in [1.54, 1.807) is 0 Å². The van der Waals surface area contributed by atoms with Gasteiger partial charge in [-0.25, -0.2) is 0 Å². The van der Waals surface area contributed by atoms with Gasteiger partial charge in [-0.05, 0) is 6.54 Å². The fraction of sp³-hybridized carbons (Fsp3) is 0.714. The SMILES string of the molecule is NCCc1nnc(CCC(F)(F)F)s1. The van der Waals surface area contributed by atoms with Crippen molar-refractivity contribution in [3.8, 4) is 0 Å². The van der Waals surface area contributed by atoms with Gasteiger partial charge >= 0.3 is 6.18 Å². The monoisotopic (exact) mass is 225 g/mol. The van der Waals surface area contributed by atoms with E-state index < -0.39 is 12.6 Å². The number of hydrogen-bond acceptors (Lipinski definition) is 4. The molecule has 0 bridgehead atoms. The normalized spacial score (nSPS) is 12.0. The maximum absolute atomic E-state index is 11.8. The zero-order chi connectivity index (χ0) is 10.6. The minimum Gasteiger partial charge on any atom is -0.330 e. The molecule has 0 aliphatic rings. The smallest absolute Gasteiger partial charge is 0.330 e. The van der Waals surface area contributed by atoms with Crippen LogP contribution in [0.3, 0.4) is 0 Å². The maximum Gasteiger partial charge on any atom is 0.389 e. The molecule has 14 heavy (non-hydrogen) atoms. The molecule has 3 nitrogen and oxygen atoms in total. The second-order valence-corrected chi connectivity index (χ2v) is 3.89. The average molecular weight is 225 g/mol. The van der Waals surface area contributed by atoms with Gasteiger partial charge in [0.2, 0.25) is 0 Å². The molecule has 1 aromatic heterocycles. The Bertz CT molecular complexity index is 284. The molecular formula is C7H10F3N3S. The van der Waals surface area contributed by atoms with Gasteiger partial charge < -0.3 is 5.73 Å². The predicted octanol–water partition coefficient (Wildman–Crippen LogP) is 1.53. The van der Waals surface area contributed by atoms with Crippen LogP contribution in [0.4, 0.5) is 13.2 Å². The van der Waals surface area contributed by atoms with Gasteiger partial charge in [0.1, 0.15) is 10.0 Å². The molecule has 1 rings (SSSR count). The summed E-state index contributed by atoms with van der Waals surface area (Å²) in [4.78, 5) is 0. The molecule has 0 spiro atoms. The number of hydrogen-bond donors (Lipinski definition) is 1. The van der Waals surface area contributed by atoms with Crippen molar-refractivity contribution < 1.29 is 13.2 Å². The highest BCUT2D eigenvalue weighted by Gasteiger charge is 2.27. The summed E-state index contributed by atoms with van der Waals surface area (Å²) < 4.78 is 35.5. The van der Waals surface area contributed by atoms with Crippen LogP contribution in [0.2, 0.25) is 0 Å². The van der Waals surface area contributed by atoms with Gasteiger partial charge in [0.05, 0.1) is 0 Å². The molecule has 0 atom stereocenters. The Morgan fingerprint density at radius 3 is 2.21 bits per heavy atom. The lowest BCUT2D eigenvalue weighted by molar-refractivity contribution is -0.134. The molecule has 2 N–H and O–H groups in total. The van der Waals surface area contributed by atoms with Crippen molar-refractivity contribution in [2.45, 2.75) is 25.4 Å². The lowest BCUT2D eigenvalue weighted by Crippen LogP contribution is -2.08. The van der Waals surface area contributed by atoms with E-state index in [0.717, 1.165) is 0 Å². The van der Waals surface area contributed by atoms with Crippen molar-refractivity contribution in [2.75, 3.05) is 6.54 Å². The highest BCUT2D eigenvalue weighted by atomic mass is 32.1. The summed E-state index contributed by atoms with van der Waals surface area (Å²) in [6, 6.07) is 0. The van der Waals surface area contributed by atoms with Gasteiger partial charge in [-0.3, -0.25) is 0 Å². The fourth-order valence-corrected chi connectivity index (χ4v) is 1.72. The van der Waals surface area contributed by atoms with Crippen molar-refractivity contribution in [3.63, 3.8) is 0 Å². The first-order valence-corrected chi connectivity index (χ1v) is 4.91. The summed E-state index contributed by atoms with van der Waals surface area (Å²) in [7, 11) is 0. The molecule has 0 aromatic carbocycles. The summed E-state index contributed by atoms with van der Waals surface area (Å²) in [5.41, 5.74) is 5.27. The quantitative estimate of drug-likeness (QED) is 0.845. The summed E-state index contributed by atoms with van der Waals surface area (Å²) in [6.45, 7) is 0.438. The van der Waals surface area contributed by atoms with E-state index in [0.29, 0.717) is 23.0 Å². The Balaban J connectivity index is 2.44. The number of halogens is 3. The first-order valence-electron chi connectivity index (χ1n) is 4.09. The molecule has 0 aliphatic heterocycles. The van der Waals surface area contributed by atoms with Crippen molar-refractivity contribution in [3.05, 3.63) is 10.0 Å². The topological polar surface area (TPSA) is 51.8 Å². The second-order valence-electron chi connectivity index (χ2n) is 2.74. The molecule has 0 radical (unpaired) electrons. The molecule has 0 aliphatic carbocycles. The van der Waals surface area contributed by atoms with Crippen LogP contribution < -0.4 is 5.73 Å². The van der Waals surface area contributed by atoms with Crippen LogP contribution in [0.5, 0.6) is 0 Å². The Hall–Kier alpha value is -0.690. The average Bonchev–Trinajstić information content (AvgIpc) is 2.49. The Morgan fingerprint density at radius 1 is 1.14 bits per heavy atom. The molecule has 7 heteroatoms. The maximum atomic E-state index is 11.8. The third-order valence-electron chi connectivity index (χ3n) is 1.49. The van der Waals surface area contributed by atoms with Gasteiger partial charge in [-0.2, -0.15) is 13.2 Å². The number of rotatable bonds is 4. The van der Waals surface area contributed by atoms with Crippen LogP contribution in [-0.4, -0.2) is 22.9 Å². The van der Waals surface area contributed by atoms with Crippen LogP contribution in [-0.2, 0) is 12.8 Å². The van der Waals surface area contributed by atoms with Crippen LogP contribution in [0.1, 0.15) is 16.4 Å². The number of aryl methyl sites for hydroxylation is 1. The fourth-order valence-electron chi connectivity index (χ4n) is 0.863. The Kier molecular flexibility index (Phi) is 3.82. The van der Waals surface area contributed by atoms with Crippen LogP contribution in [0, 0.1) is 0 Å². The highest BCUT2D eigenvalue weighted by Crippen LogP contribution is 2.23. The molecule has 80 valence electrons. The van der Waals surface area contributed by atoms with Gasteiger partial charge in [-0.1, -0.05) is 0 Å². The van der Waals surface area contributed by atoms with Crippen LogP contribution in [0.15, 0.2) is 0 Å². The predicted molar refractivity (Wildman–Crippen MR) is 47.0 cm³/mol. The van der Waals surface area contributed by atoms with E-state index in [2.05, 4.69) is 10.2 Å². The molecule has 1 aromatic rings. The van der Waals surface area contributed by atoms with E-state index >= 15 is 0 Å². The molecule has 0 unspecified atom stereocenters. The highest BCUT2D eigenvalue weighted by molar-refractivity contribution is 7.11. The summed E-state index contributed by atoms with van der Waals surface area (Å²) in [6.07, 6.45) is -4.49. The van der Waals surface area contributed by atoms with Gasteiger partial charge in [-0.15, -0.1) is 21.5 Å². The van der Waals surface area contributed by atoms with Crippen molar-refractivity contribution in [1.82, 2.24) is 10.2 Å². The Morgan fingerprint density at radius 2 is 1.71 bits per heavy atom. The zero-order valence-corrected chi connectivity index (χ0v) is 8.16. The van der Waals surface area contributed by atoms with Gasteiger partial charge in [0.15, 0.2) is 0 Å². The van der Waals surface area contributed by atoms with Crippen molar-refractivity contribution in [1.29, 1.82) is 0 Å². The first kappa shape index (κ1) is 11.4. The number of aromatic nitrogens is 2. The van der Waals surface area contributed by atoms with E-state index in [9.17, 15) is 13.2 Å². The Labute approximate surface area is 83.1 Å². The van der Waals surface area contributed by atoms with Crippen molar-refractivity contribution >= 4 is 11.3 Å². The largest absolute Gasteiger partial charge is 0.389 e. The minimum absolute atomic E-state index is 0.0915. The second kappa shape index (κ2) is 4.70. The molecule has 0 saturated carbocycles. The third kappa shape index (κ3) is 4.01. The van der Waals surface area contributed by atoms with E-state index in [4.69, 9.17) is 5.73 Å². The summed E-state index contributed by atoms with van der Waals surface area (Å²) in [5.74, 6) is 0. The molecule has 0 amide bonds. The van der Waals surface area contributed by atoms with E-state index in [1.165, 1.54) is 11.3 Å². The molecule has 0 saturated heterocycles. The van der Waals surface area contributed by atoms with Crippen molar-refractivity contribution in [2.24, 2.45) is 5.73 Å². The number of alkyl halides is 3. The lowest BCUT2D eigenvalue weighted by atomic mass is 10.3. The van der Waals surface area contributed by atoms with Gasteiger partial charge in [0, 0.05) is 19.3 Å². The molecule has 0 fully saturated rings. The molecule has 1 heterocycles. The molecular weight excluding hydrogens is 215 g/mol. The number of nitrogens with zero attached hydrogens (tertiary/aromatic N) is 2. The number of nitrogens with two attached hydrogens (primary N) is 1. The lowest BCUT2D eigenvalue weighted by Gasteiger charge is -2.02. The summed E-state index contributed by atoms with van der Waals surface area (Å²) >= 11 is 1.20. The standard InChI is InChI=1S/C7H10F3N3S/c8-7(9,10)3-1-5-12-13-6(14-5)2-4-11/h1-4,11H2.